The second-order valence-electron chi connectivity index (χ2n) is 6.15. The van der Waals surface area contributed by atoms with E-state index in [2.05, 4.69) is 5.10 Å². The van der Waals surface area contributed by atoms with Gasteiger partial charge in [-0.1, -0.05) is 24.3 Å². The van der Waals surface area contributed by atoms with Crippen LogP contribution >= 0.6 is 11.3 Å². The quantitative estimate of drug-likeness (QED) is 0.342. The summed E-state index contributed by atoms with van der Waals surface area (Å²) in [5.41, 5.74) is 1.83. The maximum Gasteiger partial charge on any atom is 0.357 e. The first-order valence-electron chi connectivity index (χ1n) is 8.77. The van der Waals surface area contributed by atoms with Gasteiger partial charge in [-0.15, -0.1) is 11.3 Å². The van der Waals surface area contributed by atoms with E-state index in [9.17, 15) is 14.0 Å². The first-order chi connectivity index (χ1) is 14.1. The smallest absolute Gasteiger partial charge is 0.357 e. The Labute approximate surface area is 170 Å². The fraction of sp³-hybridized carbons (Fsp3) is 0.0455. The average Bonchev–Trinajstić information content (AvgIpc) is 3.43. The van der Waals surface area contributed by atoms with E-state index in [1.54, 1.807) is 6.07 Å². The van der Waals surface area contributed by atoms with Crippen LogP contribution in [0.4, 0.5) is 4.39 Å². The van der Waals surface area contributed by atoms with Crippen molar-refractivity contribution < 1.29 is 18.7 Å². The number of ether oxygens (including phenoxy) is 1. The molecule has 0 atom stereocenters. The SMILES string of the molecule is O=C(COC(=O)c1cc(-c2cccs2)nn1-c1ccccc1)c1ccc(F)cc1. The lowest BCUT2D eigenvalue weighted by molar-refractivity contribution is 0.0465. The largest absolute Gasteiger partial charge is 0.453 e. The van der Waals surface area contributed by atoms with E-state index >= 15 is 0 Å². The summed E-state index contributed by atoms with van der Waals surface area (Å²) >= 11 is 1.51. The predicted octanol–water partition coefficient (Wildman–Crippen LogP) is 4.78. The van der Waals surface area contributed by atoms with E-state index in [0.29, 0.717) is 11.4 Å². The van der Waals surface area contributed by atoms with Crippen molar-refractivity contribution in [3.63, 3.8) is 0 Å². The number of halogens is 1. The summed E-state index contributed by atoms with van der Waals surface area (Å²) in [5.74, 6) is -1.52. The highest BCUT2D eigenvalue weighted by Crippen LogP contribution is 2.26. The molecule has 2 heterocycles. The Bertz CT molecular complexity index is 1140. The number of nitrogens with zero attached hydrogens (tertiary/aromatic N) is 2. The van der Waals surface area contributed by atoms with Gasteiger partial charge in [0.25, 0.3) is 0 Å². The summed E-state index contributed by atoms with van der Waals surface area (Å²) in [6.45, 7) is -0.446. The van der Waals surface area contributed by atoms with Crippen LogP contribution in [-0.4, -0.2) is 28.1 Å². The molecule has 0 fully saturated rings. The molecular weight excluding hydrogens is 391 g/mol. The number of thiophene rings is 1. The van der Waals surface area contributed by atoms with E-state index in [4.69, 9.17) is 4.74 Å². The fourth-order valence-electron chi connectivity index (χ4n) is 2.76. The van der Waals surface area contributed by atoms with Gasteiger partial charge >= 0.3 is 5.97 Å². The van der Waals surface area contributed by atoms with Crippen LogP contribution in [0.3, 0.4) is 0 Å². The fourth-order valence-corrected chi connectivity index (χ4v) is 3.44. The van der Waals surface area contributed by atoms with Gasteiger partial charge in [0.2, 0.25) is 0 Å². The van der Waals surface area contributed by atoms with Crippen LogP contribution in [0, 0.1) is 5.82 Å². The molecule has 0 aliphatic heterocycles. The first-order valence-corrected chi connectivity index (χ1v) is 9.65. The Hall–Kier alpha value is -3.58. The number of ketones is 1. The summed E-state index contributed by atoms with van der Waals surface area (Å²) in [6.07, 6.45) is 0. The number of hydrogen-bond acceptors (Lipinski definition) is 5. The highest BCUT2D eigenvalue weighted by molar-refractivity contribution is 7.13. The second-order valence-corrected chi connectivity index (χ2v) is 7.09. The minimum Gasteiger partial charge on any atom is -0.453 e. The number of carbonyl (C=O) groups is 2. The van der Waals surface area contributed by atoms with Crippen molar-refractivity contribution >= 4 is 23.1 Å². The maximum absolute atomic E-state index is 13.0. The summed E-state index contributed by atoms with van der Waals surface area (Å²) in [7, 11) is 0. The first kappa shape index (κ1) is 18.8. The molecule has 5 nitrogen and oxygen atoms in total. The van der Waals surface area contributed by atoms with E-state index < -0.39 is 24.2 Å². The normalized spacial score (nSPS) is 10.7. The maximum atomic E-state index is 13.0. The van der Waals surface area contributed by atoms with Crippen LogP contribution in [-0.2, 0) is 4.74 Å². The van der Waals surface area contributed by atoms with Gasteiger partial charge in [-0.3, -0.25) is 4.79 Å². The molecule has 0 bridgehead atoms. The molecule has 0 amide bonds. The molecule has 4 aromatic rings. The molecule has 0 radical (unpaired) electrons. The number of carbonyl (C=O) groups excluding carboxylic acids is 2. The number of para-hydroxylation sites is 1. The molecule has 0 N–H and O–H groups in total. The summed E-state index contributed by atoms with van der Waals surface area (Å²) in [4.78, 5) is 25.9. The summed E-state index contributed by atoms with van der Waals surface area (Å²) in [6, 6.07) is 19.7. The number of rotatable bonds is 6. The third-order valence-corrected chi connectivity index (χ3v) is 5.09. The van der Waals surface area contributed by atoms with Crippen LogP contribution in [0.2, 0.25) is 0 Å². The number of hydrogen-bond donors (Lipinski definition) is 0. The molecule has 0 saturated carbocycles. The Balaban J connectivity index is 1.58. The minimum absolute atomic E-state index is 0.214. The lowest BCUT2D eigenvalue weighted by atomic mass is 10.1. The molecule has 7 heteroatoms. The Morgan fingerprint density at radius 1 is 1.00 bits per heavy atom. The number of benzene rings is 2. The zero-order valence-corrected chi connectivity index (χ0v) is 15.9. The van der Waals surface area contributed by atoms with Gasteiger partial charge in [-0.2, -0.15) is 5.10 Å². The summed E-state index contributed by atoms with van der Waals surface area (Å²) < 4.78 is 19.7. The lowest BCUT2D eigenvalue weighted by Crippen LogP contribution is -2.17. The minimum atomic E-state index is -0.667. The molecule has 0 aliphatic rings. The van der Waals surface area contributed by atoms with Crippen LogP contribution in [0.25, 0.3) is 16.3 Å². The second kappa shape index (κ2) is 8.20. The van der Waals surface area contributed by atoms with Crippen molar-refractivity contribution in [2.24, 2.45) is 0 Å². The number of esters is 1. The Morgan fingerprint density at radius 2 is 1.76 bits per heavy atom. The van der Waals surface area contributed by atoms with E-state index in [-0.39, 0.29) is 11.3 Å². The van der Waals surface area contributed by atoms with Gasteiger partial charge in [-0.25, -0.2) is 13.9 Å². The molecule has 4 rings (SSSR count). The van der Waals surface area contributed by atoms with Gasteiger partial charge in [-0.05, 0) is 47.8 Å². The summed E-state index contributed by atoms with van der Waals surface area (Å²) in [5, 5.41) is 6.47. The Morgan fingerprint density at radius 3 is 2.45 bits per heavy atom. The Kier molecular flexibility index (Phi) is 5.31. The standard InChI is InChI=1S/C22H15FN2O3S/c23-16-10-8-15(9-11-16)20(26)14-28-22(27)19-13-18(21-7-4-12-29-21)24-25(19)17-5-2-1-3-6-17/h1-13H,14H2. The molecule has 0 spiro atoms. The lowest BCUT2D eigenvalue weighted by Gasteiger charge is -2.07. The third-order valence-electron chi connectivity index (χ3n) is 4.19. The monoisotopic (exact) mass is 406 g/mol. The van der Waals surface area contributed by atoms with Crippen LogP contribution in [0.15, 0.2) is 78.2 Å². The van der Waals surface area contributed by atoms with E-state index in [1.165, 1.54) is 40.3 Å². The van der Waals surface area contributed by atoms with E-state index in [0.717, 1.165) is 4.88 Å². The molecule has 0 aliphatic carbocycles. The molecule has 2 aromatic carbocycles. The van der Waals surface area contributed by atoms with Gasteiger partial charge < -0.3 is 4.74 Å². The third kappa shape index (κ3) is 4.14. The molecule has 0 saturated heterocycles. The highest BCUT2D eigenvalue weighted by Gasteiger charge is 2.20. The highest BCUT2D eigenvalue weighted by atomic mass is 32.1. The van der Waals surface area contributed by atoms with Crippen LogP contribution < -0.4 is 0 Å². The van der Waals surface area contributed by atoms with Gasteiger partial charge in [0, 0.05) is 11.6 Å². The molecular formula is C22H15FN2O3S. The topological polar surface area (TPSA) is 61.2 Å². The zero-order chi connectivity index (χ0) is 20.2. The van der Waals surface area contributed by atoms with Crippen molar-refractivity contribution in [1.29, 1.82) is 0 Å². The molecule has 29 heavy (non-hydrogen) atoms. The van der Waals surface area contributed by atoms with Crippen LogP contribution in [0.5, 0.6) is 0 Å². The van der Waals surface area contributed by atoms with Gasteiger partial charge in [0.05, 0.1) is 10.6 Å². The van der Waals surface area contributed by atoms with Crippen molar-refractivity contribution in [1.82, 2.24) is 9.78 Å². The van der Waals surface area contributed by atoms with Gasteiger partial charge in [0.15, 0.2) is 18.1 Å². The predicted molar refractivity (Wildman–Crippen MR) is 108 cm³/mol. The van der Waals surface area contributed by atoms with Crippen molar-refractivity contribution in [2.75, 3.05) is 6.61 Å². The average molecular weight is 406 g/mol. The number of aromatic nitrogens is 2. The zero-order valence-electron chi connectivity index (χ0n) is 15.1. The number of Topliss-reactive ketones (excluding diaryl/α,β-unsaturated/α-hetero) is 1. The van der Waals surface area contributed by atoms with Crippen molar-refractivity contribution in [2.45, 2.75) is 0 Å². The molecule has 144 valence electrons. The van der Waals surface area contributed by atoms with Crippen molar-refractivity contribution in [3.05, 3.63) is 95.3 Å². The molecule has 2 aromatic heterocycles. The van der Waals surface area contributed by atoms with E-state index in [1.807, 2.05) is 47.8 Å². The van der Waals surface area contributed by atoms with Crippen LogP contribution in [0.1, 0.15) is 20.8 Å². The van der Waals surface area contributed by atoms with Gasteiger partial charge in [0.1, 0.15) is 11.5 Å². The van der Waals surface area contributed by atoms with Crippen molar-refractivity contribution in [3.8, 4) is 16.3 Å². The molecule has 0 unspecified atom stereocenters.